The molecule has 1 heterocycles. The van der Waals surface area contributed by atoms with Gasteiger partial charge in [0.2, 0.25) is 0 Å². The summed E-state index contributed by atoms with van der Waals surface area (Å²) in [7, 11) is 0. The fourth-order valence-corrected chi connectivity index (χ4v) is 2.42. The van der Waals surface area contributed by atoms with Crippen LogP contribution < -0.4 is 0 Å². The van der Waals surface area contributed by atoms with E-state index in [1.54, 1.807) is 0 Å². The van der Waals surface area contributed by atoms with Gasteiger partial charge in [0.05, 0.1) is 0 Å². The first kappa shape index (κ1) is 11.4. The monoisotopic (exact) mass is 212 g/mol. The van der Waals surface area contributed by atoms with Crippen LogP contribution >= 0.6 is 0 Å². The van der Waals surface area contributed by atoms with Crippen LogP contribution in [0.1, 0.15) is 32.1 Å². The molecule has 1 aliphatic carbocycles. The number of piperazine rings is 1. The highest BCUT2D eigenvalue weighted by Crippen LogP contribution is 2.27. The van der Waals surface area contributed by atoms with E-state index < -0.39 is 0 Å². The Kier molecular flexibility index (Phi) is 4.42. The molecule has 0 aromatic carbocycles. The van der Waals surface area contributed by atoms with Gasteiger partial charge in [0, 0.05) is 38.8 Å². The van der Waals surface area contributed by atoms with Crippen molar-refractivity contribution in [1.82, 2.24) is 9.80 Å². The normalized spacial score (nSPS) is 24.6. The topological polar surface area (TPSA) is 26.7 Å². The summed E-state index contributed by atoms with van der Waals surface area (Å²) >= 11 is 0. The predicted molar refractivity (Wildman–Crippen MR) is 62.0 cm³/mol. The summed E-state index contributed by atoms with van der Waals surface area (Å²) in [5, 5.41) is 8.69. The number of aliphatic hydroxyl groups excluding tert-OH is 1. The second-order valence-corrected chi connectivity index (χ2v) is 4.89. The van der Waals surface area contributed by atoms with Crippen molar-refractivity contribution in [3.63, 3.8) is 0 Å². The first-order valence-corrected chi connectivity index (χ1v) is 6.47. The smallest absolute Gasteiger partial charge is 0.0431 e. The van der Waals surface area contributed by atoms with Crippen molar-refractivity contribution in [1.29, 1.82) is 0 Å². The van der Waals surface area contributed by atoms with E-state index in [1.165, 1.54) is 58.4 Å². The van der Waals surface area contributed by atoms with Crippen LogP contribution in [0.3, 0.4) is 0 Å². The van der Waals surface area contributed by atoms with Crippen LogP contribution in [0.25, 0.3) is 0 Å². The molecule has 0 aromatic rings. The van der Waals surface area contributed by atoms with Crippen LogP contribution in [0.2, 0.25) is 0 Å². The van der Waals surface area contributed by atoms with Gasteiger partial charge in [0.15, 0.2) is 0 Å². The van der Waals surface area contributed by atoms with Gasteiger partial charge in [-0.3, -0.25) is 4.90 Å². The third kappa shape index (κ3) is 3.74. The molecule has 88 valence electrons. The maximum absolute atomic E-state index is 8.69. The largest absolute Gasteiger partial charge is 0.396 e. The summed E-state index contributed by atoms with van der Waals surface area (Å²) in [6, 6.07) is 0.946. The fraction of sp³-hybridized carbons (Fsp3) is 1.00. The van der Waals surface area contributed by atoms with Gasteiger partial charge in [-0.25, -0.2) is 0 Å². The van der Waals surface area contributed by atoms with Crippen molar-refractivity contribution >= 4 is 0 Å². The second-order valence-electron chi connectivity index (χ2n) is 4.89. The molecule has 3 heteroatoms. The Morgan fingerprint density at radius 1 is 0.933 bits per heavy atom. The molecule has 1 N–H and O–H groups in total. The molecule has 1 saturated heterocycles. The highest BCUT2D eigenvalue weighted by Gasteiger charge is 2.30. The zero-order valence-corrected chi connectivity index (χ0v) is 9.70. The number of nitrogens with zero attached hydrogens (tertiary/aromatic N) is 2. The number of unbranched alkanes of at least 4 members (excludes halogenated alkanes) is 2. The molecule has 2 aliphatic rings. The van der Waals surface area contributed by atoms with E-state index in [9.17, 15) is 0 Å². The van der Waals surface area contributed by atoms with Gasteiger partial charge < -0.3 is 10.0 Å². The lowest BCUT2D eigenvalue weighted by molar-refractivity contribution is 0.124. The predicted octanol–water partition coefficient (Wildman–Crippen LogP) is 0.929. The van der Waals surface area contributed by atoms with Crippen molar-refractivity contribution < 1.29 is 5.11 Å². The van der Waals surface area contributed by atoms with Gasteiger partial charge in [-0.2, -0.15) is 0 Å². The lowest BCUT2D eigenvalue weighted by atomic mass is 10.2. The molecule has 0 atom stereocenters. The molecule has 1 aliphatic heterocycles. The summed E-state index contributed by atoms with van der Waals surface area (Å²) in [6.07, 6.45) is 6.29. The number of hydrogen-bond acceptors (Lipinski definition) is 3. The Labute approximate surface area is 93.1 Å². The zero-order chi connectivity index (χ0) is 10.5. The minimum absolute atomic E-state index is 0.357. The van der Waals surface area contributed by atoms with Crippen LogP contribution in [0.15, 0.2) is 0 Å². The van der Waals surface area contributed by atoms with E-state index in [0.29, 0.717) is 6.61 Å². The molecule has 0 spiro atoms. The third-order valence-electron chi connectivity index (χ3n) is 3.60. The average Bonchev–Trinajstić information content (AvgIpc) is 3.09. The first-order chi connectivity index (χ1) is 7.40. The third-order valence-corrected chi connectivity index (χ3v) is 3.60. The molecular weight excluding hydrogens is 188 g/mol. The van der Waals surface area contributed by atoms with E-state index >= 15 is 0 Å². The highest BCUT2D eigenvalue weighted by atomic mass is 16.2. The lowest BCUT2D eigenvalue weighted by Crippen LogP contribution is -2.47. The highest BCUT2D eigenvalue weighted by molar-refractivity contribution is 4.87. The molecule has 15 heavy (non-hydrogen) atoms. The van der Waals surface area contributed by atoms with Gasteiger partial charge in [-0.05, 0) is 38.6 Å². The van der Waals surface area contributed by atoms with Crippen LogP contribution in [-0.2, 0) is 0 Å². The van der Waals surface area contributed by atoms with Crippen molar-refractivity contribution in [2.75, 3.05) is 39.3 Å². The van der Waals surface area contributed by atoms with Crippen molar-refractivity contribution in [3.8, 4) is 0 Å². The summed E-state index contributed by atoms with van der Waals surface area (Å²) in [5.41, 5.74) is 0. The molecule has 1 saturated carbocycles. The van der Waals surface area contributed by atoms with E-state index in [-0.39, 0.29) is 0 Å². The summed E-state index contributed by atoms with van der Waals surface area (Å²) in [5.74, 6) is 0. The van der Waals surface area contributed by atoms with Crippen molar-refractivity contribution in [2.45, 2.75) is 38.1 Å². The van der Waals surface area contributed by atoms with Crippen molar-refractivity contribution in [3.05, 3.63) is 0 Å². The molecule has 3 nitrogen and oxygen atoms in total. The minimum Gasteiger partial charge on any atom is -0.396 e. The summed E-state index contributed by atoms with van der Waals surface area (Å²) < 4.78 is 0. The van der Waals surface area contributed by atoms with Gasteiger partial charge in [0.25, 0.3) is 0 Å². The van der Waals surface area contributed by atoms with Crippen LogP contribution in [-0.4, -0.2) is 60.3 Å². The van der Waals surface area contributed by atoms with Gasteiger partial charge >= 0.3 is 0 Å². The summed E-state index contributed by atoms with van der Waals surface area (Å²) in [4.78, 5) is 5.24. The Hall–Kier alpha value is -0.120. The van der Waals surface area contributed by atoms with E-state index in [4.69, 9.17) is 5.11 Å². The van der Waals surface area contributed by atoms with Gasteiger partial charge in [0.1, 0.15) is 0 Å². The minimum atomic E-state index is 0.357. The van der Waals surface area contributed by atoms with Gasteiger partial charge in [-0.1, -0.05) is 0 Å². The lowest BCUT2D eigenvalue weighted by Gasteiger charge is -2.34. The van der Waals surface area contributed by atoms with Crippen LogP contribution in [0, 0.1) is 0 Å². The maximum atomic E-state index is 8.69. The number of hydrogen-bond donors (Lipinski definition) is 1. The van der Waals surface area contributed by atoms with E-state index in [0.717, 1.165) is 12.5 Å². The number of aliphatic hydroxyl groups is 1. The molecule has 2 fully saturated rings. The molecule has 0 unspecified atom stereocenters. The van der Waals surface area contributed by atoms with Crippen LogP contribution in [0.5, 0.6) is 0 Å². The Morgan fingerprint density at radius 3 is 2.27 bits per heavy atom. The number of rotatable bonds is 6. The van der Waals surface area contributed by atoms with Crippen molar-refractivity contribution in [2.24, 2.45) is 0 Å². The average molecular weight is 212 g/mol. The molecule has 0 amide bonds. The van der Waals surface area contributed by atoms with Crippen LogP contribution in [0.4, 0.5) is 0 Å². The first-order valence-electron chi connectivity index (χ1n) is 6.47. The summed E-state index contributed by atoms with van der Waals surface area (Å²) in [6.45, 7) is 6.68. The SMILES string of the molecule is OCCCCCN1CCN(C2CC2)CC1. The molecule has 0 aromatic heterocycles. The maximum Gasteiger partial charge on any atom is 0.0431 e. The van der Waals surface area contributed by atoms with Gasteiger partial charge in [-0.15, -0.1) is 0 Å². The Bertz CT molecular complexity index is 174. The standard InChI is InChI=1S/C12H24N2O/c15-11-3-1-2-6-13-7-9-14(10-8-13)12-4-5-12/h12,15H,1-11H2. The molecule has 0 bridgehead atoms. The van der Waals surface area contributed by atoms with E-state index in [2.05, 4.69) is 9.80 Å². The Morgan fingerprint density at radius 2 is 1.67 bits per heavy atom. The zero-order valence-electron chi connectivity index (χ0n) is 9.70. The molecule has 2 rings (SSSR count). The fourth-order valence-electron chi connectivity index (χ4n) is 2.42. The quantitative estimate of drug-likeness (QED) is 0.664. The van der Waals surface area contributed by atoms with E-state index in [1.807, 2.05) is 0 Å². The molecule has 0 radical (unpaired) electrons. The molecular formula is C12H24N2O. The Balaban J connectivity index is 1.53. The second kappa shape index (κ2) is 5.83.